The largest absolute Gasteiger partial charge is 0.329 e. The molecule has 1 aliphatic rings. The Kier molecular flexibility index (Phi) is 2.19. The fourth-order valence-electron chi connectivity index (χ4n) is 1.61. The monoisotopic (exact) mass is 194 g/mol. The van der Waals surface area contributed by atoms with Crippen LogP contribution in [-0.2, 0) is 6.54 Å². The second-order valence-corrected chi connectivity index (χ2v) is 3.47. The van der Waals surface area contributed by atoms with Gasteiger partial charge in [-0.2, -0.15) is 0 Å². The van der Waals surface area contributed by atoms with Crippen LogP contribution >= 0.6 is 0 Å². The Morgan fingerprint density at radius 3 is 3.14 bits per heavy atom. The van der Waals surface area contributed by atoms with Crippen molar-refractivity contribution in [2.75, 3.05) is 6.67 Å². The van der Waals surface area contributed by atoms with Crippen molar-refractivity contribution in [3.63, 3.8) is 0 Å². The summed E-state index contributed by atoms with van der Waals surface area (Å²) in [6, 6.07) is 1.33. The third-order valence-corrected chi connectivity index (χ3v) is 2.49. The second kappa shape index (κ2) is 3.36. The van der Waals surface area contributed by atoms with Crippen LogP contribution in [0.2, 0.25) is 0 Å². The minimum absolute atomic E-state index is 0.0902. The van der Waals surface area contributed by atoms with Crippen LogP contribution in [0.3, 0.4) is 0 Å². The molecule has 0 bridgehead atoms. The van der Waals surface area contributed by atoms with Crippen LogP contribution in [0.1, 0.15) is 22.8 Å². The summed E-state index contributed by atoms with van der Waals surface area (Å²) in [4.78, 5) is 17.2. The van der Waals surface area contributed by atoms with Gasteiger partial charge in [0.15, 0.2) is 0 Å². The lowest BCUT2D eigenvalue weighted by atomic mass is 10.2. The minimum Gasteiger partial charge on any atom is -0.329 e. The number of carbonyl (C=O) groups is 1. The van der Waals surface area contributed by atoms with E-state index >= 15 is 0 Å². The first-order valence-electron chi connectivity index (χ1n) is 4.54. The quantitative estimate of drug-likeness (QED) is 0.712. The molecule has 0 spiro atoms. The summed E-state index contributed by atoms with van der Waals surface area (Å²) in [5.41, 5.74) is 1.54. The maximum absolute atomic E-state index is 12.4. The van der Waals surface area contributed by atoms with Gasteiger partial charge in [-0.25, -0.2) is 4.39 Å². The highest BCUT2D eigenvalue weighted by molar-refractivity contribution is 5.98. The lowest BCUT2D eigenvalue weighted by Crippen LogP contribution is -2.34. The first-order chi connectivity index (χ1) is 6.74. The number of alkyl halides is 1. The van der Waals surface area contributed by atoms with E-state index in [1.165, 1.54) is 4.90 Å². The number of halogens is 1. The van der Waals surface area contributed by atoms with Gasteiger partial charge in [-0.1, -0.05) is 0 Å². The van der Waals surface area contributed by atoms with Gasteiger partial charge in [-0.15, -0.1) is 0 Å². The predicted molar refractivity (Wildman–Crippen MR) is 49.5 cm³/mol. The molecule has 1 amide bonds. The molecule has 1 aromatic rings. The normalized spacial score (nSPS) is 17.0. The Bertz CT molecular complexity index is 367. The van der Waals surface area contributed by atoms with Gasteiger partial charge in [0.25, 0.3) is 5.91 Å². The van der Waals surface area contributed by atoms with Crippen LogP contribution in [0.4, 0.5) is 4.39 Å². The fraction of sp³-hybridized carbons (Fsp3) is 0.400. The molecule has 1 aliphatic heterocycles. The third-order valence-electron chi connectivity index (χ3n) is 2.49. The van der Waals surface area contributed by atoms with Crippen molar-refractivity contribution < 1.29 is 9.18 Å². The molecule has 14 heavy (non-hydrogen) atoms. The lowest BCUT2D eigenvalue weighted by molar-refractivity contribution is 0.0692. The van der Waals surface area contributed by atoms with Gasteiger partial charge in [-0.3, -0.25) is 9.78 Å². The molecular weight excluding hydrogens is 183 g/mol. The number of aromatic nitrogens is 1. The van der Waals surface area contributed by atoms with E-state index in [0.29, 0.717) is 12.1 Å². The number of hydrogen-bond acceptors (Lipinski definition) is 2. The zero-order valence-electron chi connectivity index (χ0n) is 7.90. The molecule has 2 rings (SSSR count). The zero-order valence-corrected chi connectivity index (χ0v) is 7.90. The van der Waals surface area contributed by atoms with Crippen molar-refractivity contribution in [2.24, 2.45) is 0 Å². The third kappa shape index (κ3) is 1.27. The average molecular weight is 194 g/mol. The lowest BCUT2D eigenvalue weighted by Gasteiger charge is -2.20. The Labute approximate surface area is 81.6 Å². The maximum atomic E-state index is 12.4. The predicted octanol–water partition coefficient (Wildman–Crippen LogP) is 1.40. The van der Waals surface area contributed by atoms with Crippen LogP contribution in [0.15, 0.2) is 18.5 Å². The van der Waals surface area contributed by atoms with E-state index in [1.54, 1.807) is 25.4 Å². The fourth-order valence-corrected chi connectivity index (χ4v) is 1.61. The summed E-state index contributed by atoms with van der Waals surface area (Å²) in [5, 5.41) is 0. The number of carbonyl (C=O) groups excluding carboxylic acids is 1. The van der Waals surface area contributed by atoms with Crippen molar-refractivity contribution >= 4 is 5.91 Å². The van der Waals surface area contributed by atoms with E-state index < -0.39 is 6.67 Å². The van der Waals surface area contributed by atoms with Gasteiger partial charge in [0.05, 0.1) is 6.04 Å². The highest BCUT2D eigenvalue weighted by atomic mass is 19.1. The molecule has 4 heteroatoms. The number of fused-ring (bicyclic) bond motifs is 1. The summed E-state index contributed by atoms with van der Waals surface area (Å²) < 4.78 is 12.4. The van der Waals surface area contributed by atoms with Crippen LogP contribution in [0.5, 0.6) is 0 Å². The molecule has 1 aromatic heterocycles. The summed E-state index contributed by atoms with van der Waals surface area (Å²) in [6.07, 6.45) is 3.25. The first kappa shape index (κ1) is 9.12. The molecule has 0 fully saturated rings. The molecule has 0 saturated carbocycles. The number of pyridine rings is 1. The van der Waals surface area contributed by atoms with Gasteiger partial charge in [-0.05, 0) is 13.0 Å². The Hall–Kier alpha value is -1.45. The molecule has 0 unspecified atom stereocenters. The van der Waals surface area contributed by atoms with Crippen molar-refractivity contribution in [3.05, 3.63) is 29.6 Å². The van der Waals surface area contributed by atoms with E-state index in [1.807, 2.05) is 0 Å². The molecule has 1 atom stereocenters. The standard InChI is InChI=1S/C10H11FN2O/c1-7(4-11)13-6-8-5-12-3-2-9(8)10(13)14/h2-3,5,7H,4,6H2,1H3/t7-/m1/s1. The zero-order chi connectivity index (χ0) is 10.1. The van der Waals surface area contributed by atoms with Crippen molar-refractivity contribution in [3.8, 4) is 0 Å². The van der Waals surface area contributed by atoms with Crippen LogP contribution in [0.25, 0.3) is 0 Å². The van der Waals surface area contributed by atoms with Gasteiger partial charge >= 0.3 is 0 Å². The SMILES string of the molecule is C[C@H](CF)N1Cc2cnccc2C1=O. The molecule has 0 aliphatic carbocycles. The number of amides is 1. The Morgan fingerprint density at radius 2 is 2.50 bits per heavy atom. The van der Waals surface area contributed by atoms with Gasteiger partial charge in [0.1, 0.15) is 6.67 Å². The minimum atomic E-state index is -0.507. The second-order valence-electron chi connectivity index (χ2n) is 3.47. The highest BCUT2D eigenvalue weighted by Gasteiger charge is 2.30. The van der Waals surface area contributed by atoms with Crippen LogP contribution in [-0.4, -0.2) is 28.5 Å². The summed E-state index contributed by atoms with van der Waals surface area (Å²) in [7, 11) is 0. The molecule has 74 valence electrons. The van der Waals surface area contributed by atoms with Crippen molar-refractivity contribution in [1.29, 1.82) is 0 Å². The molecule has 0 radical (unpaired) electrons. The van der Waals surface area contributed by atoms with E-state index in [4.69, 9.17) is 0 Å². The summed E-state index contributed by atoms with van der Waals surface area (Å²) >= 11 is 0. The smallest absolute Gasteiger partial charge is 0.254 e. The molecule has 3 nitrogen and oxygen atoms in total. The van der Waals surface area contributed by atoms with Crippen molar-refractivity contribution in [1.82, 2.24) is 9.88 Å². The van der Waals surface area contributed by atoms with E-state index in [2.05, 4.69) is 4.98 Å². The van der Waals surface area contributed by atoms with Crippen molar-refractivity contribution in [2.45, 2.75) is 19.5 Å². The molecule has 0 N–H and O–H groups in total. The average Bonchev–Trinajstić information content (AvgIpc) is 2.56. The Balaban J connectivity index is 2.30. The number of rotatable bonds is 2. The molecule has 0 saturated heterocycles. The highest BCUT2D eigenvalue weighted by Crippen LogP contribution is 2.23. The van der Waals surface area contributed by atoms with Crippen LogP contribution in [0, 0.1) is 0 Å². The van der Waals surface area contributed by atoms with E-state index in [9.17, 15) is 9.18 Å². The topological polar surface area (TPSA) is 33.2 Å². The Morgan fingerprint density at radius 1 is 1.71 bits per heavy atom. The first-order valence-corrected chi connectivity index (χ1v) is 4.54. The molecular formula is C10H11FN2O. The van der Waals surface area contributed by atoms with E-state index in [-0.39, 0.29) is 11.9 Å². The van der Waals surface area contributed by atoms with E-state index in [0.717, 1.165) is 5.56 Å². The van der Waals surface area contributed by atoms with Gasteiger partial charge < -0.3 is 4.90 Å². The molecule has 0 aromatic carbocycles. The van der Waals surface area contributed by atoms with Crippen LogP contribution < -0.4 is 0 Å². The number of nitrogens with zero attached hydrogens (tertiary/aromatic N) is 2. The molecule has 2 heterocycles. The van der Waals surface area contributed by atoms with Gasteiger partial charge in [0, 0.05) is 30.1 Å². The number of hydrogen-bond donors (Lipinski definition) is 0. The summed E-state index contributed by atoms with van der Waals surface area (Å²) in [6.45, 7) is 1.68. The maximum Gasteiger partial charge on any atom is 0.254 e. The summed E-state index contributed by atoms with van der Waals surface area (Å²) in [5.74, 6) is -0.0902. The van der Waals surface area contributed by atoms with Gasteiger partial charge in [0.2, 0.25) is 0 Å².